The lowest BCUT2D eigenvalue weighted by Crippen LogP contribution is -2.38. The lowest BCUT2D eigenvalue weighted by molar-refractivity contribution is -0.134. The van der Waals surface area contributed by atoms with Gasteiger partial charge in [0.1, 0.15) is 11.5 Å². The zero-order chi connectivity index (χ0) is 24.6. The molecule has 0 aliphatic carbocycles. The Kier molecular flexibility index (Phi) is 7.74. The molecule has 0 saturated carbocycles. The normalized spacial score (nSPS) is 19.0. The van der Waals surface area contributed by atoms with Crippen molar-refractivity contribution in [3.63, 3.8) is 0 Å². The monoisotopic (exact) mass is 478 g/mol. The predicted octanol–water partition coefficient (Wildman–Crippen LogP) is 3.53. The molecule has 0 unspecified atom stereocenters. The highest BCUT2D eigenvalue weighted by Gasteiger charge is 2.31. The van der Waals surface area contributed by atoms with Crippen LogP contribution in [0.3, 0.4) is 0 Å². The zero-order valence-corrected chi connectivity index (χ0v) is 19.0. The number of hydrogen-bond acceptors (Lipinski definition) is 8. The van der Waals surface area contributed by atoms with Crippen molar-refractivity contribution < 1.29 is 29.0 Å². The lowest BCUT2D eigenvalue weighted by atomic mass is 10.1. The first-order valence-electron chi connectivity index (χ1n) is 11.3. The lowest BCUT2D eigenvalue weighted by Gasteiger charge is -2.29. The maximum atomic E-state index is 9.55. The summed E-state index contributed by atoms with van der Waals surface area (Å²) in [7, 11) is 0. The number of para-hydroxylation sites is 1. The van der Waals surface area contributed by atoms with Gasteiger partial charge in [0.2, 0.25) is 5.89 Å². The number of carboxylic acid groups (broad SMARTS) is 2. The highest BCUT2D eigenvalue weighted by Crippen LogP contribution is 2.29. The molecule has 3 fully saturated rings. The van der Waals surface area contributed by atoms with Crippen molar-refractivity contribution in [2.24, 2.45) is 0 Å². The Morgan fingerprint density at radius 1 is 0.857 bits per heavy atom. The van der Waals surface area contributed by atoms with Crippen LogP contribution < -0.4 is 9.64 Å². The third kappa shape index (κ3) is 6.67. The van der Waals surface area contributed by atoms with Crippen LogP contribution in [0.25, 0.3) is 11.5 Å². The third-order valence-electron chi connectivity index (χ3n) is 5.76. The fraction of sp³-hybridized carbons (Fsp3) is 0.280. The van der Waals surface area contributed by atoms with E-state index in [0.29, 0.717) is 30.1 Å². The Hall–Kier alpha value is -4.18. The van der Waals surface area contributed by atoms with Crippen LogP contribution in [0.1, 0.15) is 12.8 Å². The Bertz CT molecular complexity index is 1140. The Morgan fingerprint density at radius 2 is 1.49 bits per heavy atom. The van der Waals surface area contributed by atoms with Gasteiger partial charge in [0.25, 0.3) is 0 Å². The minimum Gasteiger partial charge on any atom is -0.478 e. The van der Waals surface area contributed by atoms with Crippen molar-refractivity contribution in [1.82, 2.24) is 15.1 Å². The van der Waals surface area contributed by atoms with Gasteiger partial charge in [-0.2, -0.15) is 0 Å². The second-order valence-corrected chi connectivity index (χ2v) is 8.11. The molecule has 2 N–H and O–H groups in total. The molecule has 10 nitrogen and oxygen atoms in total. The summed E-state index contributed by atoms with van der Waals surface area (Å²) in [5.74, 6) is -0.365. The van der Waals surface area contributed by atoms with Crippen molar-refractivity contribution in [2.75, 3.05) is 31.1 Å². The molecule has 3 aromatic rings. The van der Waals surface area contributed by atoms with E-state index in [1.807, 2.05) is 54.6 Å². The number of fused-ring (bicyclic) bond motifs is 4. The summed E-state index contributed by atoms with van der Waals surface area (Å²) in [6, 6.07) is 18.7. The van der Waals surface area contributed by atoms with Gasteiger partial charge in [0.15, 0.2) is 0 Å². The molecule has 0 atom stereocenters. The summed E-state index contributed by atoms with van der Waals surface area (Å²) in [5, 5.41) is 24.2. The van der Waals surface area contributed by atoms with Gasteiger partial charge in [-0.1, -0.05) is 23.3 Å². The van der Waals surface area contributed by atoms with Crippen LogP contribution in [0.2, 0.25) is 0 Å². The van der Waals surface area contributed by atoms with E-state index < -0.39 is 11.9 Å². The van der Waals surface area contributed by atoms with Gasteiger partial charge in [-0.3, -0.25) is 0 Å². The molecule has 2 aromatic carbocycles. The van der Waals surface area contributed by atoms with Crippen LogP contribution in [0.5, 0.6) is 11.5 Å². The van der Waals surface area contributed by atoms with Gasteiger partial charge in [0.05, 0.1) is 0 Å². The van der Waals surface area contributed by atoms with Crippen LogP contribution in [0.15, 0.2) is 71.2 Å². The van der Waals surface area contributed by atoms with E-state index >= 15 is 0 Å². The Labute approximate surface area is 202 Å². The maximum absolute atomic E-state index is 9.55. The van der Waals surface area contributed by atoms with Crippen molar-refractivity contribution >= 4 is 18.0 Å². The highest BCUT2D eigenvalue weighted by molar-refractivity contribution is 5.89. The minimum absolute atomic E-state index is 0.513. The average molecular weight is 479 g/mol. The molecule has 182 valence electrons. The molecule has 3 aliphatic heterocycles. The Morgan fingerprint density at radius 3 is 2.11 bits per heavy atom. The molecular weight excluding hydrogens is 452 g/mol. The first-order valence-corrected chi connectivity index (χ1v) is 11.3. The molecule has 6 rings (SSSR count). The fourth-order valence-electron chi connectivity index (χ4n) is 4.02. The minimum atomic E-state index is -1.26. The molecule has 3 aliphatic rings. The van der Waals surface area contributed by atoms with Crippen molar-refractivity contribution in [1.29, 1.82) is 0 Å². The van der Waals surface area contributed by atoms with Crippen molar-refractivity contribution in [3.05, 3.63) is 66.7 Å². The third-order valence-corrected chi connectivity index (χ3v) is 5.76. The number of carboxylic acids is 2. The number of hydrogen-bond donors (Lipinski definition) is 2. The largest absolute Gasteiger partial charge is 0.478 e. The number of anilines is 1. The second kappa shape index (κ2) is 11.3. The van der Waals surface area contributed by atoms with Gasteiger partial charge in [-0.25, -0.2) is 9.59 Å². The summed E-state index contributed by atoms with van der Waals surface area (Å²) >= 11 is 0. The number of rotatable bonds is 6. The van der Waals surface area contributed by atoms with E-state index in [2.05, 4.69) is 20.0 Å². The molecule has 0 spiro atoms. The van der Waals surface area contributed by atoms with Crippen molar-refractivity contribution in [2.45, 2.75) is 18.9 Å². The quantitative estimate of drug-likeness (QED) is 0.508. The molecule has 3 saturated heterocycles. The molecule has 1 aromatic heterocycles. The number of carbonyl (C=O) groups is 2. The molecule has 4 heterocycles. The Balaban J connectivity index is 0.000000314. The average Bonchev–Trinajstić information content (AvgIpc) is 3.16. The standard InChI is InChI=1S/C21H22N4O2.C4H4O4/c1-2-4-18(5-3-1)26-19-8-6-16(7-9-19)20-22-23-21(27-20)25-15-14-24-12-10-17(25)11-13-24;5-3(6)1-2-4(7)8/h1-9,17H,10-15H2;1-2H,(H,5,6)(H,7,8)/b;2-1+. The highest BCUT2D eigenvalue weighted by atomic mass is 16.5. The van der Waals surface area contributed by atoms with Crippen LogP contribution >= 0.6 is 0 Å². The number of benzene rings is 2. The van der Waals surface area contributed by atoms with Crippen LogP contribution in [0, 0.1) is 0 Å². The van der Waals surface area contributed by atoms with E-state index in [9.17, 15) is 9.59 Å². The first-order chi connectivity index (χ1) is 17.0. The van der Waals surface area contributed by atoms with Crippen molar-refractivity contribution in [3.8, 4) is 23.0 Å². The van der Waals surface area contributed by atoms with E-state index in [-0.39, 0.29) is 0 Å². The summed E-state index contributed by atoms with van der Waals surface area (Å²) in [6.45, 7) is 4.37. The molecule has 35 heavy (non-hydrogen) atoms. The van der Waals surface area contributed by atoms with Gasteiger partial charge >= 0.3 is 18.0 Å². The summed E-state index contributed by atoms with van der Waals surface area (Å²) < 4.78 is 11.9. The zero-order valence-electron chi connectivity index (χ0n) is 19.0. The molecule has 0 radical (unpaired) electrons. The molecule has 0 amide bonds. The molecular formula is C25H26N4O6. The summed E-state index contributed by atoms with van der Waals surface area (Å²) in [5.41, 5.74) is 0.900. The van der Waals surface area contributed by atoms with Crippen LogP contribution in [-0.4, -0.2) is 69.5 Å². The fourth-order valence-corrected chi connectivity index (χ4v) is 4.02. The van der Waals surface area contributed by atoms with E-state index in [0.717, 1.165) is 30.2 Å². The number of aliphatic carboxylic acids is 2. The van der Waals surface area contributed by atoms with E-state index in [4.69, 9.17) is 19.4 Å². The van der Waals surface area contributed by atoms with Gasteiger partial charge in [-0.15, -0.1) is 5.10 Å². The number of ether oxygens (including phenoxy) is 1. The smallest absolute Gasteiger partial charge is 0.328 e. The summed E-state index contributed by atoms with van der Waals surface area (Å²) in [4.78, 5) is 23.9. The van der Waals surface area contributed by atoms with Crippen LogP contribution in [0.4, 0.5) is 6.01 Å². The summed E-state index contributed by atoms with van der Waals surface area (Å²) in [6.07, 6.45) is 3.46. The van der Waals surface area contributed by atoms with Gasteiger partial charge in [-0.05, 0) is 49.2 Å². The van der Waals surface area contributed by atoms with E-state index in [1.54, 1.807) is 0 Å². The number of nitrogens with zero attached hydrogens (tertiary/aromatic N) is 4. The number of aromatic nitrogens is 2. The van der Waals surface area contributed by atoms with Crippen LogP contribution in [-0.2, 0) is 9.59 Å². The second-order valence-electron chi connectivity index (χ2n) is 8.11. The topological polar surface area (TPSA) is 129 Å². The maximum Gasteiger partial charge on any atom is 0.328 e. The van der Waals surface area contributed by atoms with Gasteiger partial charge in [0, 0.05) is 49.9 Å². The van der Waals surface area contributed by atoms with E-state index in [1.165, 1.54) is 25.9 Å². The molecule has 2 bridgehead atoms. The SMILES string of the molecule is O=C(O)/C=C/C(=O)O.c1ccc(Oc2ccc(-c3nnc(N4CCN5CCC4CC5)o3)cc2)cc1. The number of piperidine rings is 1. The first kappa shape index (κ1) is 24.0. The molecule has 10 heteroatoms. The van der Waals surface area contributed by atoms with Gasteiger partial charge < -0.3 is 29.2 Å². The predicted molar refractivity (Wildman–Crippen MR) is 127 cm³/mol.